The molecule has 3 rings (SSSR count). The summed E-state index contributed by atoms with van der Waals surface area (Å²) in [6.07, 6.45) is 1.19. The van der Waals surface area contributed by atoms with Crippen molar-refractivity contribution < 1.29 is 28.7 Å². The second-order valence-electron chi connectivity index (χ2n) is 8.01. The summed E-state index contributed by atoms with van der Waals surface area (Å²) in [4.78, 5) is 60.9. The zero-order valence-electron chi connectivity index (χ0n) is 17.7. The van der Waals surface area contributed by atoms with Gasteiger partial charge in [-0.1, -0.05) is 30.3 Å². The zero-order valence-corrected chi connectivity index (χ0v) is 17.7. The van der Waals surface area contributed by atoms with E-state index >= 15 is 0 Å². The summed E-state index contributed by atoms with van der Waals surface area (Å²) < 4.78 is 5.10. The van der Waals surface area contributed by atoms with Crippen LogP contribution in [0.15, 0.2) is 30.3 Å². The van der Waals surface area contributed by atoms with Gasteiger partial charge in [0.05, 0.1) is 12.0 Å². The summed E-state index contributed by atoms with van der Waals surface area (Å²) in [5, 5.41) is 7.47. The third kappa shape index (κ3) is 6.53. The van der Waals surface area contributed by atoms with E-state index in [2.05, 4.69) is 16.0 Å². The lowest BCUT2D eigenvalue weighted by atomic mass is 9.99. The van der Waals surface area contributed by atoms with Crippen LogP contribution in [-0.2, 0) is 30.5 Å². The molecule has 2 fully saturated rings. The van der Waals surface area contributed by atoms with Crippen molar-refractivity contribution in [2.75, 3.05) is 26.2 Å². The van der Waals surface area contributed by atoms with Crippen LogP contribution in [0.2, 0.25) is 0 Å². The van der Waals surface area contributed by atoms with Crippen LogP contribution >= 0.6 is 0 Å². The number of carbonyl (C=O) groups is 5. The van der Waals surface area contributed by atoms with E-state index < -0.39 is 24.0 Å². The van der Waals surface area contributed by atoms with Gasteiger partial charge >= 0.3 is 6.09 Å². The Morgan fingerprint density at radius 2 is 1.97 bits per heavy atom. The van der Waals surface area contributed by atoms with Crippen molar-refractivity contribution >= 4 is 30.1 Å². The quantitative estimate of drug-likeness (QED) is 0.434. The van der Waals surface area contributed by atoms with Crippen LogP contribution < -0.4 is 16.0 Å². The smallest absolute Gasteiger partial charge is 0.407 e. The van der Waals surface area contributed by atoms with Gasteiger partial charge in [-0.3, -0.25) is 14.4 Å². The maximum absolute atomic E-state index is 12.5. The predicted octanol–water partition coefficient (Wildman–Crippen LogP) is -0.0288. The Hall–Kier alpha value is -3.43. The van der Waals surface area contributed by atoms with Crippen LogP contribution in [0.3, 0.4) is 0 Å². The van der Waals surface area contributed by atoms with Crippen molar-refractivity contribution in [3.63, 3.8) is 0 Å². The van der Waals surface area contributed by atoms with E-state index in [0.717, 1.165) is 5.56 Å². The van der Waals surface area contributed by atoms with E-state index in [1.54, 1.807) is 4.90 Å². The van der Waals surface area contributed by atoms with Gasteiger partial charge in [0.1, 0.15) is 19.4 Å². The molecule has 0 aliphatic carbocycles. The highest BCUT2D eigenvalue weighted by Crippen LogP contribution is 2.20. The molecular formula is C22H28N4O6. The molecular weight excluding hydrogens is 416 g/mol. The summed E-state index contributed by atoms with van der Waals surface area (Å²) in [6, 6.07) is 8.85. The van der Waals surface area contributed by atoms with Crippen LogP contribution in [0, 0.1) is 11.8 Å². The summed E-state index contributed by atoms with van der Waals surface area (Å²) in [5.74, 6) is -1.48. The molecule has 1 aromatic rings. The van der Waals surface area contributed by atoms with Crippen LogP contribution in [-0.4, -0.2) is 67.3 Å². The van der Waals surface area contributed by atoms with Crippen LogP contribution in [0.4, 0.5) is 4.79 Å². The van der Waals surface area contributed by atoms with Gasteiger partial charge in [-0.25, -0.2) is 4.79 Å². The average Bonchev–Trinajstić information content (AvgIpc) is 3.36. The Labute approximate surface area is 186 Å². The Kier molecular flexibility index (Phi) is 8.18. The lowest BCUT2D eigenvalue weighted by Gasteiger charge is -2.17. The van der Waals surface area contributed by atoms with Crippen molar-refractivity contribution in [1.82, 2.24) is 20.9 Å². The molecule has 0 spiro atoms. The topological polar surface area (TPSA) is 134 Å². The van der Waals surface area contributed by atoms with Gasteiger partial charge in [0.2, 0.25) is 17.7 Å². The Bertz CT molecular complexity index is 846. The summed E-state index contributed by atoms with van der Waals surface area (Å²) in [6.45, 7) is 1.23. The maximum atomic E-state index is 12.5. The Morgan fingerprint density at radius 3 is 2.66 bits per heavy atom. The fraction of sp³-hybridized carbons (Fsp3) is 0.500. The van der Waals surface area contributed by atoms with Crippen molar-refractivity contribution in [3.05, 3.63) is 35.9 Å². The molecule has 0 aromatic heterocycles. The summed E-state index contributed by atoms with van der Waals surface area (Å²) in [7, 11) is 0. The summed E-state index contributed by atoms with van der Waals surface area (Å²) >= 11 is 0. The predicted molar refractivity (Wildman–Crippen MR) is 113 cm³/mol. The number of likely N-dealkylation sites (tertiary alicyclic amines) is 1. The van der Waals surface area contributed by atoms with Crippen molar-refractivity contribution in [2.45, 2.75) is 31.8 Å². The third-order valence-corrected chi connectivity index (χ3v) is 5.65. The minimum atomic E-state index is -0.813. The number of rotatable bonds is 10. The first kappa shape index (κ1) is 23.2. The number of aldehydes is 1. The van der Waals surface area contributed by atoms with Gasteiger partial charge in [0, 0.05) is 25.6 Å². The first-order valence-corrected chi connectivity index (χ1v) is 10.7. The SMILES string of the molecule is O=C[C@H](CC1CCNC1=O)NC(=O)CNC(=O)OCC1CCN(Cc2ccccc2)C1=O. The molecule has 0 bridgehead atoms. The number of hydrogen-bond acceptors (Lipinski definition) is 6. The Balaban J connectivity index is 1.34. The fourth-order valence-electron chi connectivity index (χ4n) is 3.88. The second kappa shape index (κ2) is 11.3. The molecule has 1 aromatic carbocycles. The second-order valence-corrected chi connectivity index (χ2v) is 8.01. The van der Waals surface area contributed by atoms with Gasteiger partial charge in [-0.2, -0.15) is 0 Å². The molecule has 2 aliphatic rings. The van der Waals surface area contributed by atoms with Crippen LogP contribution in [0.1, 0.15) is 24.8 Å². The zero-order chi connectivity index (χ0) is 22.9. The number of nitrogens with one attached hydrogen (secondary N) is 3. The third-order valence-electron chi connectivity index (χ3n) is 5.65. The largest absolute Gasteiger partial charge is 0.449 e. The molecule has 2 unspecified atom stereocenters. The average molecular weight is 444 g/mol. The number of carbonyl (C=O) groups excluding carboxylic acids is 5. The molecule has 4 amide bonds. The molecule has 32 heavy (non-hydrogen) atoms. The first-order valence-electron chi connectivity index (χ1n) is 10.7. The molecule has 0 saturated carbocycles. The number of ether oxygens (including phenoxy) is 1. The van der Waals surface area contributed by atoms with E-state index in [-0.39, 0.29) is 37.3 Å². The van der Waals surface area contributed by atoms with Crippen molar-refractivity contribution in [1.29, 1.82) is 0 Å². The van der Waals surface area contributed by atoms with Crippen molar-refractivity contribution in [2.24, 2.45) is 11.8 Å². The van der Waals surface area contributed by atoms with Gasteiger partial charge in [0.15, 0.2) is 0 Å². The maximum Gasteiger partial charge on any atom is 0.407 e. The lowest BCUT2D eigenvalue weighted by Crippen LogP contribution is -2.44. The van der Waals surface area contributed by atoms with Gasteiger partial charge in [-0.05, 0) is 24.8 Å². The molecule has 3 atom stereocenters. The van der Waals surface area contributed by atoms with E-state index in [0.29, 0.717) is 38.8 Å². The van der Waals surface area contributed by atoms with Crippen molar-refractivity contribution in [3.8, 4) is 0 Å². The molecule has 10 nitrogen and oxygen atoms in total. The van der Waals surface area contributed by atoms with E-state index in [4.69, 9.17) is 4.74 Å². The van der Waals surface area contributed by atoms with Gasteiger partial charge in [-0.15, -0.1) is 0 Å². The number of nitrogens with zero attached hydrogens (tertiary/aromatic N) is 1. The van der Waals surface area contributed by atoms with Gasteiger partial charge < -0.3 is 30.4 Å². The molecule has 2 aliphatic heterocycles. The minimum absolute atomic E-state index is 0.0642. The lowest BCUT2D eigenvalue weighted by molar-refractivity contribution is -0.132. The highest BCUT2D eigenvalue weighted by molar-refractivity contribution is 5.85. The van der Waals surface area contributed by atoms with Gasteiger partial charge in [0.25, 0.3) is 0 Å². The normalized spacial score (nSPS) is 21.1. The van der Waals surface area contributed by atoms with E-state index in [1.165, 1.54) is 0 Å². The number of alkyl carbamates (subject to hydrolysis) is 1. The number of benzene rings is 1. The number of hydrogen-bond donors (Lipinski definition) is 3. The monoisotopic (exact) mass is 444 g/mol. The van der Waals surface area contributed by atoms with E-state index in [9.17, 15) is 24.0 Å². The molecule has 2 saturated heterocycles. The Morgan fingerprint density at radius 1 is 1.19 bits per heavy atom. The standard InChI is InChI=1S/C22H28N4O6/c27-13-18(10-16-6-8-23-20(16)29)25-19(28)11-24-22(31)32-14-17-7-9-26(21(17)30)12-15-4-2-1-3-5-15/h1-5,13,16-18H,6-12,14H2,(H,23,29)(H,24,31)(H,25,28)/t16?,17?,18-/m0/s1. The van der Waals surface area contributed by atoms with Crippen LogP contribution in [0.5, 0.6) is 0 Å². The van der Waals surface area contributed by atoms with E-state index in [1.807, 2.05) is 30.3 Å². The molecule has 0 radical (unpaired) electrons. The summed E-state index contributed by atoms with van der Waals surface area (Å²) in [5.41, 5.74) is 1.04. The molecule has 10 heteroatoms. The molecule has 2 heterocycles. The van der Waals surface area contributed by atoms with Crippen LogP contribution in [0.25, 0.3) is 0 Å². The highest BCUT2D eigenvalue weighted by atomic mass is 16.5. The minimum Gasteiger partial charge on any atom is -0.449 e. The molecule has 3 N–H and O–H groups in total. The number of amides is 4. The highest BCUT2D eigenvalue weighted by Gasteiger charge is 2.32. The first-order chi connectivity index (χ1) is 15.5. The fourth-order valence-corrected chi connectivity index (χ4v) is 3.88. The molecule has 172 valence electrons.